The minimum atomic E-state index is -0.833. The molecule has 0 bridgehead atoms. The summed E-state index contributed by atoms with van der Waals surface area (Å²) >= 11 is 6.22. The molecule has 10 heteroatoms. The molecule has 3 atom stereocenters. The maximum atomic E-state index is 12.3. The van der Waals surface area contributed by atoms with Gasteiger partial charge < -0.3 is 26.4 Å². The molecular weight excluding hydrogens is 438 g/mol. The number of nitrogens with zero attached hydrogens (tertiary/aromatic N) is 1. The van der Waals surface area contributed by atoms with Crippen molar-refractivity contribution in [2.75, 3.05) is 13.1 Å². The van der Waals surface area contributed by atoms with E-state index in [2.05, 4.69) is 16.3 Å². The summed E-state index contributed by atoms with van der Waals surface area (Å²) in [6, 6.07) is 7.89. The highest BCUT2D eigenvalue weighted by Crippen LogP contribution is 2.26. The third-order valence-electron chi connectivity index (χ3n) is 5.23. The van der Waals surface area contributed by atoms with E-state index in [4.69, 9.17) is 37.1 Å². The van der Waals surface area contributed by atoms with Gasteiger partial charge in [-0.05, 0) is 37.3 Å². The van der Waals surface area contributed by atoms with Crippen molar-refractivity contribution < 1.29 is 29.7 Å². The van der Waals surface area contributed by atoms with Gasteiger partial charge in [-0.15, -0.1) is 0 Å². The number of hydrogen-bond donors (Lipinski definition) is 5. The van der Waals surface area contributed by atoms with E-state index in [0.29, 0.717) is 12.8 Å². The lowest BCUT2D eigenvalue weighted by Crippen LogP contribution is -2.46. The number of carbonyl (C=O) groups is 3. The molecule has 2 aliphatic rings. The summed E-state index contributed by atoms with van der Waals surface area (Å²) in [4.78, 5) is 32.7. The van der Waals surface area contributed by atoms with Gasteiger partial charge in [0.2, 0.25) is 5.91 Å². The highest BCUT2D eigenvalue weighted by atomic mass is 35.5. The van der Waals surface area contributed by atoms with E-state index < -0.39 is 18.0 Å². The lowest BCUT2D eigenvalue weighted by molar-refractivity contribution is -0.135. The standard InChI is InChI=1S/C18H26ClN3O2.2C2H4O2/c19-15-4-2-1-3-12(15)11-22-7-5-14(6-8-22)21-18(24)13-9-16(20)17(23)10-13;2*1-2(3)4/h1-4,13-14,16-17,23H,5-11,20H2,(H,21,24);2*1H3,(H,3,4)/t13-,16+,17+;;/m0../s1. The Morgan fingerprint density at radius 3 is 2.09 bits per heavy atom. The molecular formula is C22H34ClN3O6. The predicted molar refractivity (Wildman–Crippen MR) is 121 cm³/mol. The fraction of sp³-hybridized carbons (Fsp3) is 0.591. The number of aliphatic hydroxyl groups is 1. The summed E-state index contributed by atoms with van der Waals surface area (Å²) in [5.41, 5.74) is 6.94. The van der Waals surface area contributed by atoms with Crippen LogP contribution in [0.1, 0.15) is 45.1 Å². The number of nitrogens with two attached hydrogens (primary N) is 1. The molecule has 1 aliphatic carbocycles. The summed E-state index contributed by atoms with van der Waals surface area (Å²) in [6.45, 7) is 4.91. The van der Waals surface area contributed by atoms with Crippen LogP contribution in [-0.4, -0.2) is 69.3 Å². The van der Waals surface area contributed by atoms with Crippen molar-refractivity contribution in [3.8, 4) is 0 Å². The van der Waals surface area contributed by atoms with E-state index in [-0.39, 0.29) is 23.9 Å². The number of hydrogen-bond acceptors (Lipinski definition) is 6. The summed E-state index contributed by atoms with van der Waals surface area (Å²) in [5, 5.41) is 28.5. The number of likely N-dealkylation sites (tertiary alicyclic amines) is 1. The molecule has 32 heavy (non-hydrogen) atoms. The first-order valence-corrected chi connectivity index (χ1v) is 11.0. The van der Waals surface area contributed by atoms with Crippen molar-refractivity contribution in [2.24, 2.45) is 11.7 Å². The number of piperidine rings is 1. The quantitative estimate of drug-likeness (QED) is 0.444. The molecule has 2 fully saturated rings. The number of nitrogens with one attached hydrogen (secondary N) is 1. The van der Waals surface area contributed by atoms with Crippen molar-refractivity contribution in [1.82, 2.24) is 10.2 Å². The van der Waals surface area contributed by atoms with Crippen LogP contribution in [0.25, 0.3) is 0 Å². The van der Waals surface area contributed by atoms with Gasteiger partial charge in [0.15, 0.2) is 0 Å². The largest absolute Gasteiger partial charge is 0.481 e. The predicted octanol–water partition coefficient (Wildman–Crippen LogP) is 1.70. The number of carboxylic acid groups (broad SMARTS) is 2. The monoisotopic (exact) mass is 471 g/mol. The van der Waals surface area contributed by atoms with E-state index in [1.165, 1.54) is 0 Å². The summed E-state index contributed by atoms with van der Waals surface area (Å²) in [5.74, 6) is -1.76. The van der Waals surface area contributed by atoms with Crippen LogP contribution in [0.15, 0.2) is 24.3 Å². The summed E-state index contributed by atoms with van der Waals surface area (Å²) in [6.07, 6.45) is 2.41. The van der Waals surface area contributed by atoms with Gasteiger partial charge in [-0.25, -0.2) is 0 Å². The van der Waals surface area contributed by atoms with Crippen molar-refractivity contribution in [3.63, 3.8) is 0 Å². The molecule has 1 heterocycles. The van der Waals surface area contributed by atoms with E-state index in [1.54, 1.807) is 0 Å². The normalized spacial score (nSPS) is 23.2. The van der Waals surface area contributed by atoms with Crippen LogP contribution in [0, 0.1) is 5.92 Å². The number of carbonyl (C=O) groups excluding carboxylic acids is 1. The Morgan fingerprint density at radius 2 is 1.62 bits per heavy atom. The third kappa shape index (κ3) is 10.9. The van der Waals surface area contributed by atoms with Crippen molar-refractivity contribution in [3.05, 3.63) is 34.9 Å². The van der Waals surface area contributed by atoms with E-state index in [0.717, 1.165) is 56.9 Å². The Balaban J connectivity index is 0.000000554. The smallest absolute Gasteiger partial charge is 0.300 e. The lowest BCUT2D eigenvalue weighted by atomic mass is 10.0. The van der Waals surface area contributed by atoms with Crippen molar-refractivity contribution in [2.45, 2.75) is 64.3 Å². The number of halogens is 1. The van der Waals surface area contributed by atoms with Gasteiger partial charge in [-0.2, -0.15) is 0 Å². The number of benzene rings is 1. The molecule has 0 unspecified atom stereocenters. The van der Waals surface area contributed by atoms with Gasteiger partial charge in [-0.3, -0.25) is 19.3 Å². The van der Waals surface area contributed by atoms with Gasteiger partial charge in [0.05, 0.1) is 6.10 Å². The second-order valence-corrected chi connectivity index (χ2v) is 8.50. The minimum Gasteiger partial charge on any atom is -0.481 e. The Kier molecular flexibility index (Phi) is 12.2. The zero-order chi connectivity index (χ0) is 24.3. The number of aliphatic carboxylic acids is 2. The Hall–Kier alpha value is -2.20. The first kappa shape index (κ1) is 27.8. The molecule has 9 nitrogen and oxygen atoms in total. The maximum Gasteiger partial charge on any atom is 0.300 e. The van der Waals surface area contributed by atoms with Crippen molar-refractivity contribution >= 4 is 29.4 Å². The minimum absolute atomic E-state index is 0.0477. The van der Waals surface area contributed by atoms with E-state index in [9.17, 15) is 9.90 Å². The molecule has 0 spiro atoms. The van der Waals surface area contributed by atoms with Crippen LogP contribution in [0.3, 0.4) is 0 Å². The fourth-order valence-electron chi connectivity index (χ4n) is 3.68. The van der Waals surface area contributed by atoms with Gasteiger partial charge in [0, 0.05) is 56.5 Å². The second-order valence-electron chi connectivity index (χ2n) is 8.09. The number of rotatable bonds is 4. The first-order chi connectivity index (χ1) is 15.0. The Morgan fingerprint density at radius 1 is 1.09 bits per heavy atom. The van der Waals surface area contributed by atoms with Gasteiger partial charge in [-0.1, -0.05) is 29.8 Å². The summed E-state index contributed by atoms with van der Waals surface area (Å²) < 4.78 is 0. The van der Waals surface area contributed by atoms with Crippen LogP contribution in [-0.2, 0) is 20.9 Å². The van der Waals surface area contributed by atoms with Crippen LogP contribution in [0.4, 0.5) is 0 Å². The highest BCUT2D eigenvalue weighted by Gasteiger charge is 2.35. The number of aliphatic hydroxyl groups excluding tert-OH is 1. The van der Waals surface area contributed by atoms with E-state index in [1.807, 2.05) is 18.2 Å². The molecule has 1 saturated heterocycles. The number of amides is 1. The first-order valence-electron chi connectivity index (χ1n) is 10.6. The topological polar surface area (TPSA) is 153 Å². The van der Waals surface area contributed by atoms with Crippen molar-refractivity contribution in [1.29, 1.82) is 0 Å². The average Bonchev–Trinajstić information content (AvgIpc) is 3.03. The molecule has 3 rings (SSSR count). The SMILES string of the molecule is CC(=O)O.CC(=O)O.N[C@@H]1C[C@H](C(=O)NC2CCN(Cc3ccccc3Cl)CC2)C[C@H]1O. The molecule has 0 aromatic heterocycles. The third-order valence-corrected chi connectivity index (χ3v) is 5.60. The van der Waals surface area contributed by atoms with Gasteiger partial charge in [0.1, 0.15) is 0 Å². The fourth-order valence-corrected chi connectivity index (χ4v) is 3.88. The molecule has 1 amide bonds. The zero-order valence-corrected chi connectivity index (χ0v) is 19.3. The molecule has 1 aromatic rings. The van der Waals surface area contributed by atoms with E-state index >= 15 is 0 Å². The molecule has 1 saturated carbocycles. The van der Waals surface area contributed by atoms with Crippen LogP contribution < -0.4 is 11.1 Å². The molecule has 1 aromatic carbocycles. The van der Waals surface area contributed by atoms with Gasteiger partial charge >= 0.3 is 0 Å². The molecule has 0 radical (unpaired) electrons. The summed E-state index contributed by atoms with van der Waals surface area (Å²) in [7, 11) is 0. The second kappa shape index (κ2) is 14.1. The van der Waals surface area contributed by atoms with Crippen LogP contribution >= 0.6 is 11.6 Å². The Bertz CT molecular complexity index is 725. The zero-order valence-electron chi connectivity index (χ0n) is 18.5. The highest BCUT2D eigenvalue weighted by molar-refractivity contribution is 6.31. The van der Waals surface area contributed by atoms with Gasteiger partial charge in [0.25, 0.3) is 11.9 Å². The molecule has 1 aliphatic heterocycles. The maximum absolute atomic E-state index is 12.3. The average molecular weight is 472 g/mol. The lowest BCUT2D eigenvalue weighted by Gasteiger charge is -2.33. The van der Waals surface area contributed by atoms with Crippen LogP contribution in [0.2, 0.25) is 5.02 Å². The number of carboxylic acids is 2. The molecule has 6 N–H and O–H groups in total. The molecule has 180 valence electrons. The van der Waals surface area contributed by atoms with Crippen LogP contribution in [0.5, 0.6) is 0 Å². The Labute approximate surface area is 193 Å².